The van der Waals surface area contributed by atoms with Crippen LogP contribution in [0.2, 0.25) is 0 Å². The second-order valence-corrected chi connectivity index (χ2v) is 12.0. The smallest absolute Gasteiger partial charge is 0.391 e. The van der Waals surface area contributed by atoms with Gasteiger partial charge >= 0.3 is 12.4 Å². The first kappa shape index (κ1) is 33.2. The molecule has 2 aromatic carbocycles. The minimum atomic E-state index is -4.70. The zero-order valence-corrected chi connectivity index (χ0v) is 24.8. The molecule has 1 aromatic heterocycles. The van der Waals surface area contributed by atoms with Gasteiger partial charge in [-0.2, -0.15) is 31.6 Å². The average Bonchev–Trinajstić information content (AvgIpc) is 3.46. The number of piperidine rings is 1. The molecule has 2 fully saturated rings. The number of benzene rings is 2. The fourth-order valence-corrected chi connectivity index (χ4v) is 6.17. The van der Waals surface area contributed by atoms with Gasteiger partial charge in [-0.3, -0.25) is 9.59 Å². The first-order chi connectivity index (χ1) is 21.8. The number of nitrogens with one attached hydrogen (secondary N) is 2. The van der Waals surface area contributed by atoms with E-state index in [1.807, 2.05) is 0 Å². The molecule has 3 aromatic rings. The lowest BCUT2D eigenvalue weighted by atomic mass is 9.77. The first-order valence-electron chi connectivity index (χ1n) is 15.1. The number of halogens is 6. The minimum absolute atomic E-state index is 0.00195. The van der Waals surface area contributed by atoms with Crippen LogP contribution >= 0.6 is 0 Å². The number of amides is 2. The Kier molecular flexibility index (Phi) is 9.91. The summed E-state index contributed by atoms with van der Waals surface area (Å²) in [6.45, 7) is 1.31. The molecule has 2 aliphatic rings. The number of aromatic nitrogens is 1. The van der Waals surface area contributed by atoms with Crippen molar-refractivity contribution in [1.82, 2.24) is 20.5 Å². The fraction of sp³-hybridized carbons (Fsp3) is 0.500. The highest BCUT2D eigenvalue weighted by Crippen LogP contribution is 2.45. The van der Waals surface area contributed by atoms with Crippen LogP contribution in [-0.4, -0.2) is 66.3 Å². The van der Waals surface area contributed by atoms with Crippen molar-refractivity contribution in [2.45, 2.75) is 56.9 Å². The highest BCUT2D eigenvalue weighted by Gasteiger charge is 2.51. The summed E-state index contributed by atoms with van der Waals surface area (Å²) in [5.41, 5.74) is 2.70. The number of nitrogens with zero attached hydrogens (tertiary/aromatic N) is 3. The van der Waals surface area contributed by atoms with Gasteiger partial charge in [-0.1, -0.05) is 0 Å². The number of fused-ring (bicyclic) bond motifs is 1. The van der Waals surface area contributed by atoms with E-state index in [1.54, 1.807) is 47.4 Å². The Morgan fingerprint density at radius 3 is 2.22 bits per heavy atom. The molecule has 1 saturated carbocycles. The van der Waals surface area contributed by atoms with Crippen molar-refractivity contribution in [2.75, 3.05) is 26.2 Å². The Morgan fingerprint density at radius 1 is 0.957 bits per heavy atom. The number of carbonyl (C=O) groups is 2. The topological polar surface area (TPSA) is 111 Å². The van der Waals surface area contributed by atoms with Crippen molar-refractivity contribution in [2.24, 2.45) is 17.8 Å². The van der Waals surface area contributed by atoms with E-state index in [-0.39, 0.29) is 30.7 Å². The van der Waals surface area contributed by atoms with E-state index in [9.17, 15) is 35.9 Å². The molecule has 2 amide bonds. The SMILES string of the molecule is N#Cc1ccc2oc(-c3ccc(C(=O)NCC4CCN(C(=O)CCNC5CC(C(F)(F)F)CC(C(F)(F)F)C5)CC4)cc3)nc2c1. The lowest BCUT2D eigenvalue weighted by Crippen LogP contribution is -2.46. The van der Waals surface area contributed by atoms with Crippen LogP contribution in [0.3, 0.4) is 0 Å². The molecule has 246 valence electrons. The lowest BCUT2D eigenvalue weighted by Gasteiger charge is -2.37. The number of hydrogen-bond acceptors (Lipinski definition) is 6. The lowest BCUT2D eigenvalue weighted by molar-refractivity contribution is -0.225. The predicted octanol–water partition coefficient (Wildman–Crippen LogP) is 6.22. The molecule has 0 radical (unpaired) electrons. The van der Waals surface area contributed by atoms with Crippen LogP contribution in [0.4, 0.5) is 26.3 Å². The molecule has 2 atom stereocenters. The summed E-state index contributed by atoms with van der Waals surface area (Å²) in [6.07, 6.45) is -9.96. The van der Waals surface area contributed by atoms with Crippen molar-refractivity contribution >= 4 is 22.9 Å². The molecule has 5 rings (SSSR count). The molecule has 1 aliphatic carbocycles. The zero-order valence-electron chi connectivity index (χ0n) is 24.8. The van der Waals surface area contributed by atoms with Crippen molar-refractivity contribution in [3.05, 3.63) is 53.6 Å². The Hall–Kier alpha value is -4.12. The van der Waals surface area contributed by atoms with Gasteiger partial charge in [-0.05, 0) is 80.5 Å². The number of hydrogen-bond donors (Lipinski definition) is 2. The van der Waals surface area contributed by atoms with E-state index in [4.69, 9.17) is 9.68 Å². The number of alkyl halides is 6. The molecule has 8 nitrogen and oxygen atoms in total. The van der Waals surface area contributed by atoms with Crippen molar-refractivity contribution in [1.29, 1.82) is 5.26 Å². The number of oxazole rings is 1. The zero-order chi connectivity index (χ0) is 33.1. The van der Waals surface area contributed by atoms with Gasteiger partial charge in [0.1, 0.15) is 5.52 Å². The Morgan fingerprint density at radius 2 is 1.61 bits per heavy atom. The molecule has 46 heavy (non-hydrogen) atoms. The van der Waals surface area contributed by atoms with Crippen molar-refractivity contribution in [3.63, 3.8) is 0 Å². The third-order valence-electron chi connectivity index (χ3n) is 8.83. The van der Waals surface area contributed by atoms with Gasteiger partial charge in [0.05, 0.1) is 23.5 Å². The van der Waals surface area contributed by atoms with Gasteiger partial charge in [0.2, 0.25) is 11.8 Å². The fourth-order valence-electron chi connectivity index (χ4n) is 6.17. The molecule has 2 heterocycles. The maximum absolute atomic E-state index is 13.2. The first-order valence-corrected chi connectivity index (χ1v) is 15.1. The molecule has 0 spiro atoms. The van der Waals surface area contributed by atoms with E-state index in [0.717, 1.165) is 0 Å². The number of rotatable bonds is 8. The summed E-state index contributed by atoms with van der Waals surface area (Å²) in [5.74, 6) is -4.01. The van der Waals surface area contributed by atoms with E-state index >= 15 is 0 Å². The number of carbonyl (C=O) groups excluding carboxylic acids is 2. The van der Waals surface area contributed by atoms with Crippen LogP contribution < -0.4 is 10.6 Å². The molecule has 1 saturated heterocycles. The summed E-state index contributed by atoms with van der Waals surface area (Å²) < 4.78 is 85.1. The maximum atomic E-state index is 13.2. The summed E-state index contributed by atoms with van der Waals surface area (Å²) in [4.78, 5) is 31.5. The third-order valence-corrected chi connectivity index (χ3v) is 8.83. The monoisotopic (exact) mass is 649 g/mol. The highest BCUT2D eigenvalue weighted by atomic mass is 19.4. The molecule has 1 aliphatic heterocycles. The van der Waals surface area contributed by atoms with Gasteiger partial charge in [-0.15, -0.1) is 0 Å². The summed E-state index contributed by atoms with van der Waals surface area (Å²) >= 11 is 0. The van der Waals surface area contributed by atoms with Crippen molar-refractivity contribution < 1.29 is 40.3 Å². The molecular weight excluding hydrogens is 616 g/mol. The highest BCUT2D eigenvalue weighted by molar-refractivity contribution is 5.94. The third kappa shape index (κ3) is 8.17. The molecule has 2 N–H and O–H groups in total. The predicted molar refractivity (Wildman–Crippen MR) is 155 cm³/mol. The van der Waals surface area contributed by atoms with Gasteiger partial charge in [0, 0.05) is 49.8 Å². The number of nitriles is 1. The quantitative estimate of drug-likeness (QED) is 0.280. The minimum Gasteiger partial charge on any atom is -0.436 e. The average molecular weight is 650 g/mol. The normalized spacial score (nSPS) is 21.2. The Bertz CT molecular complexity index is 1550. The molecule has 2 unspecified atom stereocenters. The summed E-state index contributed by atoms with van der Waals surface area (Å²) in [5, 5.41) is 14.7. The van der Waals surface area contributed by atoms with E-state index in [1.165, 1.54) is 0 Å². The maximum Gasteiger partial charge on any atom is 0.391 e. The van der Waals surface area contributed by atoms with Crippen LogP contribution in [0.25, 0.3) is 22.6 Å². The number of likely N-dealkylation sites (tertiary alicyclic amines) is 1. The van der Waals surface area contributed by atoms with Crippen LogP contribution in [0, 0.1) is 29.1 Å². The van der Waals surface area contributed by atoms with Crippen LogP contribution in [0.15, 0.2) is 46.9 Å². The molecular formula is C32H33F6N5O3. The van der Waals surface area contributed by atoms with E-state index in [2.05, 4.69) is 21.7 Å². The Labute approximate surface area is 261 Å². The second kappa shape index (κ2) is 13.7. The summed E-state index contributed by atoms with van der Waals surface area (Å²) in [6, 6.07) is 12.8. The van der Waals surface area contributed by atoms with Gasteiger partial charge in [-0.25, -0.2) is 4.98 Å². The second-order valence-electron chi connectivity index (χ2n) is 12.0. The van der Waals surface area contributed by atoms with Gasteiger partial charge in [0.25, 0.3) is 5.91 Å². The summed E-state index contributed by atoms with van der Waals surface area (Å²) in [7, 11) is 0. The van der Waals surface area contributed by atoms with Crippen molar-refractivity contribution in [3.8, 4) is 17.5 Å². The van der Waals surface area contributed by atoms with Gasteiger partial charge < -0.3 is 20.0 Å². The van der Waals surface area contributed by atoms with Gasteiger partial charge in [0.15, 0.2) is 5.58 Å². The van der Waals surface area contributed by atoms with Crippen LogP contribution in [0.5, 0.6) is 0 Å². The van der Waals surface area contributed by atoms with E-state index < -0.39 is 49.5 Å². The molecule has 0 bridgehead atoms. The Balaban J connectivity index is 1.03. The molecule has 14 heteroatoms. The van der Waals surface area contributed by atoms with Crippen LogP contribution in [0.1, 0.15) is 54.4 Å². The largest absolute Gasteiger partial charge is 0.436 e. The van der Waals surface area contributed by atoms with Crippen LogP contribution in [-0.2, 0) is 4.79 Å². The van der Waals surface area contributed by atoms with E-state index in [0.29, 0.717) is 66.2 Å². The standard InChI is InChI=1S/C32H33F6N5O3/c33-31(34,35)23-14-24(32(36,37)38)16-25(15-23)40-10-7-28(44)43-11-8-19(9-12-43)18-41-29(45)21-2-4-22(5-3-21)30-42-26-13-20(17-39)1-6-27(26)46-30/h1-6,13,19,23-25,40H,7-12,14-16,18H2,(H,41,45).